The van der Waals surface area contributed by atoms with Crippen LogP contribution in [0.1, 0.15) is 40.5 Å². The molecule has 1 nitrogen and oxygen atoms in total. The fraction of sp³-hybridized carbons (Fsp3) is 1.00. The first-order valence-electron chi connectivity index (χ1n) is 5.23. The molecule has 1 atom stereocenters. The minimum Gasteiger partial charge on any atom is -0.303 e. The molecule has 1 aliphatic rings. The van der Waals surface area contributed by atoms with Gasteiger partial charge < -0.3 is 4.90 Å². The largest absolute Gasteiger partial charge is 0.303 e. The molecule has 0 bridgehead atoms. The molecule has 0 aromatic heterocycles. The number of hydrogen-bond donors (Lipinski definition) is 0. The fourth-order valence-corrected chi connectivity index (χ4v) is 2.06. The summed E-state index contributed by atoms with van der Waals surface area (Å²) in [6.07, 6.45) is 2.78. The molecule has 1 fully saturated rings. The van der Waals surface area contributed by atoms with Gasteiger partial charge in [-0.05, 0) is 24.3 Å². The molecule has 1 aliphatic heterocycles. The Morgan fingerprint density at radius 3 is 2.42 bits per heavy atom. The lowest BCUT2D eigenvalue weighted by molar-refractivity contribution is 0.220. The predicted octanol–water partition coefficient (Wildman–Crippen LogP) is 2.76. The molecule has 0 spiro atoms. The number of hydrogen-bond acceptors (Lipinski definition) is 1. The molecule has 0 aromatic rings. The standard InChI is InChI=1S/C11H23N/c1-5-10-6-7-12(8-10)9-11(2,3)4/h10H,5-9H2,1-4H3. The zero-order chi connectivity index (χ0) is 9.19. The first-order chi connectivity index (χ1) is 5.51. The van der Waals surface area contributed by atoms with E-state index in [0.717, 1.165) is 5.92 Å². The Labute approximate surface area is 77.1 Å². The van der Waals surface area contributed by atoms with Crippen LogP contribution in [0.5, 0.6) is 0 Å². The van der Waals surface area contributed by atoms with Crippen molar-refractivity contribution in [3.8, 4) is 0 Å². The van der Waals surface area contributed by atoms with Crippen molar-refractivity contribution in [3.63, 3.8) is 0 Å². The predicted molar refractivity (Wildman–Crippen MR) is 54.3 cm³/mol. The maximum Gasteiger partial charge on any atom is 0.00302 e. The van der Waals surface area contributed by atoms with E-state index in [4.69, 9.17) is 0 Å². The van der Waals surface area contributed by atoms with Gasteiger partial charge in [-0.3, -0.25) is 0 Å². The van der Waals surface area contributed by atoms with E-state index in [1.54, 1.807) is 0 Å². The molecule has 0 saturated carbocycles. The lowest BCUT2D eigenvalue weighted by Gasteiger charge is -2.26. The van der Waals surface area contributed by atoms with Crippen molar-refractivity contribution in [1.29, 1.82) is 0 Å². The summed E-state index contributed by atoms with van der Waals surface area (Å²) in [5.74, 6) is 0.979. The van der Waals surface area contributed by atoms with Crippen molar-refractivity contribution < 1.29 is 0 Å². The maximum atomic E-state index is 2.62. The zero-order valence-corrected chi connectivity index (χ0v) is 9.06. The summed E-state index contributed by atoms with van der Waals surface area (Å²) in [6, 6.07) is 0. The van der Waals surface area contributed by atoms with E-state index in [1.165, 1.54) is 32.5 Å². The third-order valence-electron chi connectivity index (χ3n) is 2.65. The van der Waals surface area contributed by atoms with Gasteiger partial charge in [-0.25, -0.2) is 0 Å². The Morgan fingerprint density at radius 1 is 1.33 bits per heavy atom. The van der Waals surface area contributed by atoms with Gasteiger partial charge in [0.05, 0.1) is 0 Å². The summed E-state index contributed by atoms with van der Waals surface area (Å²) in [5, 5.41) is 0. The van der Waals surface area contributed by atoms with E-state index in [1.807, 2.05) is 0 Å². The van der Waals surface area contributed by atoms with Crippen molar-refractivity contribution in [2.24, 2.45) is 11.3 Å². The van der Waals surface area contributed by atoms with E-state index in [0.29, 0.717) is 5.41 Å². The smallest absolute Gasteiger partial charge is 0.00302 e. The molecule has 0 amide bonds. The van der Waals surface area contributed by atoms with Crippen LogP contribution >= 0.6 is 0 Å². The van der Waals surface area contributed by atoms with E-state index in [9.17, 15) is 0 Å². The van der Waals surface area contributed by atoms with E-state index < -0.39 is 0 Å². The van der Waals surface area contributed by atoms with Gasteiger partial charge in [0.1, 0.15) is 0 Å². The Bertz CT molecular complexity index is 134. The molecule has 0 radical (unpaired) electrons. The third kappa shape index (κ3) is 3.14. The van der Waals surface area contributed by atoms with Crippen LogP contribution in [-0.2, 0) is 0 Å². The van der Waals surface area contributed by atoms with Gasteiger partial charge in [-0.15, -0.1) is 0 Å². The highest BCUT2D eigenvalue weighted by Crippen LogP contribution is 2.23. The second kappa shape index (κ2) is 3.78. The van der Waals surface area contributed by atoms with Crippen LogP contribution in [0.4, 0.5) is 0 Å². The van der Waals surface area contributed by atoms with Crippen molar-refractivity contribution in [2.45, 2.75) is 40.5 Å². The minimum absolute atomic E-state index is 0.475. The van der Waals surface area contributed by atoms with Crippen LogP contribution in [0, 0.1) is 11.3 Å². The minimum atomic E-state index is 0.475. The summed E-state index contributed by atoms with van der Waals surface area (Å²) in [6.45, 7) is 13.2. The second-order valence-electron chi connectivity index (χ2n) is 5.36. The quantitative estimate of drug-likeness (QED) is 0.614. The highest BCUT2D eigenvalue weighted by atomic mass is 15.1. The summed E-state index contributed by atoms with van der Waals surface area (Å²) in [7, 11) is 0. The Morgan fingerprint density at radius 2 is 2.00 bits per heavy atom. The molecular weight excluding hydrogens is 146 g/mol. The van der Waals surface area contributed by atoms with E-state index >= 15 is 0 Å². The normalized spacial score (nSPS) is 26.5. The van der Waals surface area contributed by atoms with Gasteiger partial charge in [-0.2, -0.15) is 0 Å². The molecule has 0 aliphatic carbocycles. The van der Waals surface area contributed by atoms with Gasteiger partial charge in [0.15, 0.2) is 0 Å². The van der Waals surface area contributed by atoms with Crippen LogP contribution in [0.15, 0.2) is 0 Å². The molecule has 12 heavy (non-hydrogen) atoms. The lowest BCUT2D eigenvalue weighted by atomic mass is 9.96. The van der Waals surface area contributed by atoms with Crippen molar-refractivity contribution in [2.75, 3.05) is 19.6 Å². The van der Waals surface area contributed by atoms with Crippen molar-refractivity contribution >= 4 is 0 Å². The van der Waals surface area contributed by atoms with Gasteiger partial charge in [0.2, 0.25) is 0 Å². The summed E-state index contributed by atoms with van der Waals surface area (Å²) >= 11 is 0. The van der Waals surface area contributed by atoms with Gasteiger partial charge in [0, 0.05) is 13.1 Å². The summed E-state index contributed by atoms with van der Waals surface area (Å²) in [4.78, 5) is 2.62. The molecular formula is C11H23N. The van der Waals surface area contributed by atoms with Crippen molar-refractivity contribution in [3.05, 3.63) is 0 Å². The highest BCUT2D eigenvalue weighted by molar-refractivity contribution is 4.78. The van der Waals surface area contributed by atoms with E-state index in [-0.39, 0.29) is 0 Å². The molecule has 1 unspecified atom stereocenters. The van der Waals surface area contributed by atoms with Crippen LogP contribution in [0.25, 0.3) is 0 Å². The molecule has 1 saturated heterocycles. The molecule has 72 valence electrons. The summed E-state index contributed by atoms with van der Waals surface area (Å²) in [5.41, 5.74) is 0.475. The second-order valence-corrected chi connectivity index (χ2v) is 5.36. The van der Waals surface area contributed by atoms with Crippen LogP contribution in [-0.4, -0.2) is 24.5 Å². The highest BCUT2D eigenvalue weighted by Gasteiger charge is 2.24. The van der Waals surface area contributed by atoms with E-state index in [2.05, 4.69) is 32.6 Å². The van der Waals surface area contributed by atoms with Gasteiger partial charge in [0.25, 0.3) is 0 Å². The Hall–Kier alpha value is -0.0400. The molecule has 0 aromatic carbocycles. The first-order valence-corrected chi connectivity index (χ1v) is 5.23. The average molecular weight is 169 g/mol. The SMILES string of the molecule is CCC1CCN(CC(C)(C)C)C1. The fourth-order valence-electron chi connectivity index (χ4n) is 2.06. The summed E-state index contributed by atoms with van der Waals surface area (Å²) < 4.78 is 0. The van der Waals surface area contributed by atoms with Crippen LogP contribution in [0.3, 0.4) is 0 Å². The first kappa shape index (κ1) is 10.0. The Balaban J connectivity index is 2.28. The number of rotatable bonds is 2. The molecule has 0 N–H and O–H groups in total. The topological polar surface area (TPSA) is 3.24 Å². The Kier molecular flexibility index (Phi) is 3.16. The van der Waals surface area contributed by atoms with Crippen LogP contribution in [0.2, 0.25) is 0 Å². The number of likely N-dealkylation sites (tertiary alicyclic amines) is 1. The lowest BCUT2D eigenvalue weighted by Crippen LogP contribution is -2.30. The molecule has 1 heteroatoms. The van der Waals surface area contributed by atoms with Crippen LogP contribution < -0.4 is 0 Å². The monoisotopic (exact) mass is 169 g/mol. The number of nitrogens with zero attached hydrogens (tertiary/aromatic N) is 1. The van der Waals surface area contributed by atoms with Gasteiger partial charge >= 0.3 is 0 Å². The van der Waals surface area contributed by atoms with Crippen molar-refractivity contribution in [1.82, 2.24) is 4.90 Å². The zero-order valence-electron chi connectivity index (χ0n) is 9.06. The molecule has 1 heterocycles. The molecule has 1 rings (SSSR count). The average Bonchev–Trinajstić information content (AvgIpc) is 2.32. The van der Waals surface area contributed by atoms with Gasteiger partial charge in [-0.1, -0.05) is 34.1 Å². The maximum absolute atomic E-state index is 2.62. The third-order valence-corrected chi connectivity index (χ3v) is 2.65.